The van der Waals surface area contributed by atoms with Gasteiger partial charge in [-0.15, -0.1) is 0 Å². The number of likely N-dealkylation sites (tertiary alicyclic amines) is 1. The van der Waals surface area contributed by atoms with E-state index in [0.717, 1.165) is 0 Å². The van der Waals surface area contributed by atoms with Crippen LogP contribution in [-0.4, -0.2) is 52.1 Å². The summed E-state index contributed by atoms with van der Waals surface area (Å²) < 4.78 is 14.3. The van der Waals surface area contributed by atoms with Gasteiger partial charge >= 0.3 is 6.03 Å². The third-order valence-electron chi connectivity index (χ3n) is 5.17. The van der Waals surface area contributed by atoms with Gasteiger partial charge in [-0.2, -0.15) is 0 Å². The molecular formula is C18H24FN3O3. The molecule has 2 aliphatic heterocycles. The number of anilines is 1. The van der Waals surface area contributed by atoms with E-state index < -0.39 is 18.0 Å². The maximum absolute atomic E-state index is 14.3. The minimum atomic E-state index is -0.679. The Labute approximate surface area is 146 Å². The Kier molecular flexibility index (Phi) is 4.94. The third-order valence-corrected chi connectivity index (χ3v) is 5.17. The number of hydrogen-bond acceptors (Lipinski definition) is 3. The molecular weight excluding hydrogens is 325 g/mol. The highest BCUT2D eigenvalue weighted by Gasteiger charge is 2.40. The van der Waals surface area contributed by atoms with E-state index in [4.69, 9.17) is 0 Å². The fourth-order valence-corrected chi connectivity index (χ4v) is 3.53. The zero-order valence-corrected chi connectivity index (χ0v) is 14.5. The number of aliphatic hydroxyl groups is 1. The van der Waals surface area contributed by atoms with Crippen LogP contribution in [0.1, 0.15) is 32.3 Å². The molecule has 2 aliphatic rings. The van der Waals surface area contributed by atoms with Crippen LogP contribution in [0.25, 0.3) is 0 Å². The molecule has 3 atom stereocenters. The van der Waals surface area contributed by atoms with Gasteiger partial charge in [0, 0.05) is 24.3 Å². The van der Waals surface area contributed by atoms with E-state index in [2.05, 4.69) is 5.32 Å². The number of β-amino-alcohol motifs (C(OH)–C–C–N with tert-alkyl or cyclic N) is 1. The molecule has 3 amide bonds. The number of rotatable bonds is 2. The van der Waals surface area contributed by atoms with Crippen LogP contribution in [0.3, 0.4) is 0 Å². The van der Waals surface area contributed by atoms with E-state index in [1.165, 1.54) is 11.0 Å². The number of benzene rings is 1. The van der Waals surface area contributed by atoms with Crippen LogP contribution in [0, 0.1) is 11.7 Å². The van der Waals surface area contributed by atoms with Crippen molar-refractivity contribution < 1.29 is 19.1 Å². The lowest BCUT2D eigenvalue weighted by Gasteiger charge is -2.35. The summed E-state index contributed by atoms with van der Waals surface area (Å²) in [5, 5.41) is 12.5. The molecule has 1 aromatic rings. The first kappa shape index (κ1) is 17.7. The Morgan fingerprint density at radius 2 is 2.24 bits per heavy atom. The number of carbonyl (C=O) groups excluding carboxylic acids is 2. The van der Waals surface area contributed by atoms with Crippen LogP contribution >= 0.6 is 0 Å². The molecule has 0 saturated carbocycles. The van der Waals surface area contributed by atoms with Gasteiger partial charge in [-0.25, -0.2) is 9.18 Å². The lowest BCUT2D eigenvalue weighted by Crippen LogP contribution is -2.53. The van der Waals surface area contributed by atoms with E-state index >= 15 is 0 Å². The average molecular weight is 349 g/mol. The highest BCUT2D eigenvalue weighted by Crippen LogP contribution is 2.30. The number of nitrogens with one attached hydrogen (secondary N) is 1. The second kappa shape index (κ2) is 7.00. The molecule has 1 fully saturated rings. The summed E-state index contributed by atoms with van der Waals surface area (Å²) in [5.74, 6) is -0.817. The number of amides is 3. The van der Waals surface area contributed by atoms with Crippen LogP contribution in [0.15, 0.2) is 18.2 Å². The molecule has 136 valence electrons. The lowest BCUT2D eigenvalue weighted by molar-refractivity contribution is -0.122. The average Bonchev–Trinajstić information content (AvgIpc) is 2.95. The quantitative estimate of drug-likeness (QED) is 0.860. The van der Waals surface area contributed by atoms with Crippen LogP contribution in [0.2, 0.25) is 0 Å². The topological polar surface area (TPSA) is 72.9 Å². The van der Waals surface area contributed by atoms with Crippen molar-refractivity contribution in [2.75, 3.05) is 18.4 Å². The molecule has 0 spiro atoms. The van der Waals surface area contributed by atoms with Crippen LogP contribution in [-0.2, 0) is 11.3 Å². The third kappa shape index (κ3) is 3.33. The summed E-state index contributed by atoms with van der Waals surface area (Å²) >= 11 is 0. The number of urea groups is 1. The molecule has 6 nitrogen and oxygen atoms in total. The summed E-state index contributed by atoms with van der Waals surface area (Å²) in [6.07, 6.45) is 0.685. The molecule has 0 radical (unpaired) electrons. The zero-order valence-electron chi connectivity index (χ0n) is 14.5. The second-order valence-electron chi connectivity index (χ2n) is 6.88. The van der Waals surface area contributed by atoms with E-state index in [1.807, 2.05) is 13.8 Å². The summed E-state index contributed by atoms with van der Waals surface area (Å²) in [6, 6.07) is 3.52. The lowest BCUT2D eigenvalue weighted by atomic mass is 9.97. The Balaban J connectivity index is 1.99. The van der Waals surface area contributed by atoms with Gasteiger partial charge in [-0.3, -0.25) is 4.79 Å². The molecule has 25 heavy (non-hydrogen) atoms. The van der Waals surface area contributed by atoms with Crippen molar-refractivity contribution in [2.24, 2.45) is 5.92 Å². The molecule has 0 aromatic heterocycles. The SMILES string of the molecule is CC[C@H](C)[C@H]1C(=O)Nc2cccc(F)c2CN1C(=O)N1CC[C@H](O)C1. The summed E-state index contributed by atoms with van der Waals surface area (Å²) in [5.41, 5.74) is 0.727. The van der Waals surface area contributed by atoms with Crippen molar-refractivity contribution in [1.29, 1.82) is 0 Å². The Morgan fingerprint density at radius 1 is 1.48 bits per heavy atom. The van der Waals surface area contributed by atoms with E-state index in [1.54, 1.807) is 17.0 Å². The minimum absolute atomic E-state index is 0.0290. The van der Waals surface area contributed by atoms with Gasteiger partial charge in [0.2, 0.25) is 5.91 Å². The van der Waals surface area contributed by atoms with Crippen molar-refractivity contribution in [3.63, 3.8) is 0 Å². The molecule has 2 heterocycles. The number of hydrogen-bond donors (Lipinski definition) is 2. The van der Waals surface area contributed by atoms with Crippen LogP contribution in [0.4, 0.5) is 14.9 Å². The van der Waals surface area contributed by atoms with Gasteiger partial charge in [0.15, 0.2) is 0 Å². The van der Waals surface area contributed by atoms with Gasteiger partial charge in [0.05, 0.1) is 12.6 Å². The smallest absolute Gasteiger partial charge is 0.321 e. The number of halogens is 1. The predicted molar refractivity (Wildman–Crippen MR) is 91.4 cm³/mol. The van der Waals surface area contributed by atoms with Crippen molar-refractivity contribution in [3.05, 3.63) is 29.6 Å². The van der Waals surface area contributed by atoms with Crippen LogP contribution in [0.5, 0.6) is 0 Å². The summed E-state index contributed by atoms with van der Waals surface area (Å²) in [7, 11) is 0. The first-order valence-electron chi connectivity index (χ1n) is 8.74. The Hall–Kier alpha value is -2.15. The van der Waals surface area contributed by atoms with Crippen molar-refractivity contribution in [2.45, 2.75) is 45.4 Å². The molecule has 1 aromatic carbocycles. The molecule has 1 saturated heterocycles. The van der Waals surface area contributed by atoms with Crippen molar-refractivity contribution in [1.82, 2.24) is 9.80 Å². The maximum Gasteiger partial charge on any atom is 0.321 e. The fourth-order valence-electron chi connectivity index (χ4n) is 3.53. The van der Waals surface area contributed by atoms with E-state index in [9.17, 15) is 19.1 Å². The van der Waals surface area contributed by atoms with Gasteiger partial charge in [-0.1, -0.05) is 26.3 Å². The van der Waals surface area contributed by atoms with Crippen molar-refractivity contribution in [3.8, 4) is 0 Å². The van der Waals surface area contributed by atoms with Crippen LogP contribution < -0.4 is 5.32 Å². The molecule has 7 heteroatoms. The number of aliphatic hydroxyl groups excluding tert-OH is 1. The molecule has 0 unspecified atom stereocenters. The Bertz CT molecular complexity index is 682. The van der Waals surface area contributed by atoms with E-state index in [0.29, 0.717) is 30.6 Å². The minimum Gasteiger partial charge on any atom is -0.391 e. The van der Waals surface area contributed by atoms with Gasteiger partial charge < -0.3 is 20.2 Å². The zero-order chi connectivity index (χ0) is 18.1. The summed E-state index contributed by atoms with van der Waals surface area (Å²) in [4.78, 5) is 28.8. The molecule has 2 N–H and O–H groups in total. The molecule has 0 aliphatic carbocycles. The largest absolute Gasteiger partial charge is 0.391 e. The fraction of sp³-hybridized carbons (Fsp3) is 0.556. The first-order valence-corrected chi connectivity index (χ1v) is 8.74. The standard InChI is InChI=1S/C18H24FN3O3/c1-3-11(2)16-17(24)20-15-6-4-5-14(19)13(15)10-22(16)18(25)21-8-7-12(23)9-21/h4-6,11-12,16,23H,3,7-10H2,1-2H3,(H,20,24)/t11-,12-,16-/m0/s1. The predicted octanol–water partition coefficient (Wildman–Crippen LogP) is 2.18. The van der Waals surface area contributed by atoms with Crippen molar-refractivity contribution >= 4 is 17.6 Å². The summed E-state index contributed by atoms with van der Waals surface area (Å²) in [6.45, 7) is 4.58. The van der Waals surface area contributed by atoms with Gasteiger partial charge in [0.25, 0.3) is 0 Å². The van der Waals surface area contributed by atoms with Gasteiger partial charge in [0.1, 0.15) is 11.9 Å². The molecule has 0 bridgehead atoms. The second-order valence-corrected chi connectivity index (χ2v) is 6.88. The maximum atomic E-state index is 14.3. The first-order chi connectivity index (χ1) is 11.9. The normalized spacial score (nSPS) is 24.6. The Morgan fingerprint density at radius 3 is 2.88 bits per heavy atom. The molecule has 3 rings (SSSR count). The monoisotopic (exact) mass is 349 g/mol. The number of nitrogens with zero attached hydrogens (tertiary/aromatic N) is 2. The highest BCUT2D eigenvalue weighted by molar-refractivity contribution is 5.98. The van der Waals surface area contributed by atoms with Gasteiger partial charge in [-0.05, 0) is 24.5 Å². The highest BCUT2D eigenvalue weighted by atomic mass is 19.1. The van der Waals surface area contributed by atoms with E-state index in [-0.39, 0.29) is 30.9 Å². The number of carbonyl (C=O) groups is 2. The number of fused-ring (bicyclic) bond motifs is 1.